The van der Waals surface area contributed by atoms with Crippen LogP contribution in [-0.2, 0) is 0 Å². The highest BCUT2D eigenvalue weighted by Crippen LogP contribution is 2.24. The predicted octanol–water partition coefficient (Wildman–Crippen LogP) is 6.61. The van der Waals surface area contributed by atoms with Crippen LogP contribution >= 0.6 is 15.9 Å². The zero-order chi connectivity index (χ0) is 15.3. The van der Waals surface area contributed by atoms with Crippen LogP contribution in [0.1, 0.15) is 89.4 Å². The van der Waals surface area contributed by atoms with E-state index in [9.17, 15) is 0 Å². The summed E-state index contributed by atoms with van der Waals surface area (Å²) in [6, 6.07) is 4.38. The Morgan fingerprint density at radius 3 is 2.00 bits per heavy atom. The molecule has 1 N–H and O–H groups in total. The van der Waals surface area contributed by atoms with Crippen LogP contribution < -0.4 is 5.32 Å². The van der Waals surface area contributed by atoms with Crippen molar-refractivity contribution in [3.63, 3.8) is 0 Å². The topological polar surface area (TPSA) is 25.2 Å². The molecule has 1 unspecified atom stereocenters. The Labute approximate surface area is 139 Å². The quantitative estimate of drug-likeness (QED) is 0.401. The molecule has 21 heavy (non-hydrogen) atoms. The van der Waals surface area contributed by atoms with Gasteiger partial charge in [0, 0.05) is 0 Å². The van der Waals surface area contributed by atoms with Gasteiger partial charge in [0.25, 0.3) is 0 Å². The average Bonchev–Trinajstić information content (AvgIpc) is 2.91. The summed E-state index contributed by atoms with van der Waals surface area (Å²) in [4.78, 5) is 0. The number of unbranched alkanes of at least 4 members (excludes halogenated alkanes) is 9. The van der Waals surface area contributed by atoms with Crippen LogP contribution in [0.4, 0.5) is 0 Å². The summed E-state index contributed by atoms with van der Waals surface area (Å²) in [5.41, 5.74) is 0. The first kappa shape index (κ1) is 18.8. The third-order valence-electron chi connectivity index (χ3n) is 4.13. The Kier molecular flexibility index (Phi) is 11.0. The highest BCUT2D eigenvalue weighted by Gasteiger charge is 2.12. The third kappa shape index (κ3) is 8.67. The standard InChI is InChI=1S/C18H32BrNO/c1-3-4-5-6-7-8-9-10-11-12-13-16(20-2)17-14-15-18(19)21-17/h14-16,20H,3-13H2,1-2H3. The van der Waals surface area contributed by atoms with Crippen LogP contribution in [0.25, 0.3) is 0 Å². The summed E-state index contributed by atoms with van der Waals surface area (Å²) in [5.74, 6) is 1.04. The second kappa shape index (κ2) is 12.3. The summed E-state index contributed by atoms with van der Waals surface area (Å²) in [6.07, 6.45) is 15.0. The zero-order valence-corrected chi connectivity index (χ0v) is 15.4. The average molecular weight is 358 g/mol. The van der Waals surface area contributed by atoms with Crippen LogP contribution in [0.2, 0.25) is 0 Å². The maximum atomic E-state index is 5.63. The molecule has 0 aromatic carbocycles. The molecular weight excluding hydrogens is 326 g/mol. The second-order valence-electron chi connectivity index (χ2n) is 5.95. The largest absolute Gasteiger partial charge is 0.453 e. The molecule has 0 radical (unpaired) electrons. The van der Waals surface area contributed by atoms with Crippen molar-refractivity contribution < 1.29 is 4.42 Å². The molecule has 0 spiro atoms. The molecule has 0 fully saturated rings. The van der Waals surface area contributed by atoms with Gasteiger partial charge in [0.1, 0.15) is 5.76 Å². The zero-order valence-electron chi connectivity index (χ0n) is 13.8. The maximum absolute atomic E-state index is 5.63. The van der Waals surface area contributed by atoms with Crippen molar-refractivity contribution in [1.29, 1.82) is 0 Å². The molecule has 122 valence electrons. The van der Waals surface area contributed by atoms with E-state index in [1.807, 2.05) is 13.1 Å². The molecule has 0 aliphatic rings. The minimum absolute atomic E-state index is 0.352. The Hall–Kier alpha value is -0.280. The molecule has 1 atom stereocenters. The van der Waals surface area contributed by atoms with Crippen molar-refractivity contribution in [2.75, 3.05) is 7.05 Å². The molecule has 3 heteroatoms. The first-order valence-electron chi connectivity index (χ1n) is 8.70. The lowest BCUT2D eigenvalue weighted by atomic mass is 10.0. The fraction of sp³-hybridized carbons (Fsp3) is 0.778. The predicted molar refractivity (Wildman–Crippen MR) is 94.7 cm³/mol. The monoisotopic (exact) mass is 357 g/mol. The summed E-state index contributed by atoms with van der Waals surface area (Å²) in [6.45, 7) is 2.28. The second-order valence-corrected chi connectivity index (χ2v) is 6.74. The molecule has 0 aliphatic heterocycles. The minimum Gasteiger partial charge on any atom is -0.453 e. The number of hydrogen-bond acceptors (Lipinski definition) is 2. The molecule has 0 aliphatic carbocycles. The summed E-state index contributed by atoms with van der Waals surface area (Å²) < 4.78 is 6.45. The van der Waals surface area contributed by atoms with Crippen LogP contribution in [0.5, 0.6) is 0 Å². The van der Waals surface area contributed by atoms with E-state index in [0.717, 1.165) is 16.9 Å². The van der Waals surface area contributed by atoms with Crippen LogP contribution in [0.15, 0.2) is 21.2 Å². The first-order chi connectivity index (χ1) is 10.3. The summed E-state index contributed by atoms with van der Waals surface area (Å²) in [5, 5.41) is 3.35. The van der Waals surface area contributed by atoms with E-state index in [0.29, 0.717) is 6.04 Å². The third-order valence-corrected chi connectivity index (χ3v) is 4.56. The number of hydrogen-bond donors (Lipinski definition) is 1. The smallest absolute Gasteiger partial charge is 0.169 e. The van der Waals surface area contributed by atoms with Crippen molar-refractivity contribution in [3.8, 4) is 0 Å². The number of nitrogens with one attached hydrogen (secondary N) is 1. The van der Waals surface area contributed by atoms with Gasteiger partial charge in [-0.1, -0.05) is 71.1 Å². The first-order valence-corrected chi connectivity index (χ1v) is 9.49. The van der Waals surface area contributed by atoms with E-state index in [-0.39, 0.29) is 0 Å². The normalized spacial score (nSPS) is 12.7. The van der Waals surface area contributed by atoms with E-state index in [1.54, 1.807) is 0 Å². The van der Waals surface area contributed by atoms with Gasteiger partial charge in [-0.25, -0.2) is 0 Å². The van der Waals surface area contributed by atoms with E-state index < -0.39 is 0 Å². The van der Waals surface area contributed by atoms with Gasteiger partial charge in [-0.2, -0.15) is 0 Å². The van der Waals surface area contributed by atoms with Gasteiger partial charge in [-0.3, -0.25) is 0 Å². The lowest BCUT2D eigenvalue weighted by Crippen LogP contribution is -2.15. The van der Waals surface area contributed by atoms with Gasteiger partial charge in [-0.05, 0) is 41.5 Å². The lowest BCUT2D eigenvalue weighted by molar-refractivity contribution is 0.392. The van der Waals surface area contributed by atoms with Gasteiger partial charge >= 0.3 is 0 Å². The lowest BCUT2D eigenvalue weighted by Gasteiger charge is -2.13. The molecule has 1 aromatic heterocycles. The number of furan rings is 1. The maximum Gasteiger partial charge on any atom is 0.169 e. The highest BCUT2D eigenvalue weighted by atomic mass is 79.9. The molecule has 0 saturated carbocycles. The molecule has 0 bridgehead atoms. The van der Waals surface area contributed by atoms with Crippen molar-refractivity contribution in [2.45, 2.75) is 83.6 Å². The van der Waals surface area contributed by atoms with Crippen molar-refractivity contribution in [2.24, 2.45) is 0 Å². The highest BCUT2D eigenvalue weighted by molar-refractivity contribution is 9.10. The van der Waals surface area contributed by atoms with Gasteiger partial charge in [0.2, 0.25) is 0 Å². The Bertz CT molecular complexity index is 351. The summed E-state index contributed by atoms with van der Waals surface area (Å²) in [7, 11) is 2.01. The molecule has 2 nitrogen and oxygen atoms in total. The van der Waals surface area contributed by atoms with Crippen molar-refractivity contribution in [1.82, 2.24) is 5.32 Å². The van der Waals surface area contributed by atoms with E-state index >= 15 is 0 Å². The van der Waals surface area contributed by atoms with Gasteiger partial charge < -0.3 is 9.73 Å². The van der Waals surface area contributed by atoms with Crippen LogP contribution in [-0.4, -0.2) is 7.05 Å². The van der Waals surface area contributed by atoms with E-state index in [1.165, 1.54) is 64.2 Å². The van der Waals surface area contributed by atoms with E-state index in [4.69, 9.17) is 4.42 Å². The van der Waals surface area contributed by atoms with Gasteiger partial charge in [0.05, 0.1) is 6.04 Å². The Balaban J connectivity index is 1.98. The van der Waals surface area contributed by atoms with Crippen molar-refractivity contribution >= 4 is 15.9 Å². The van der Waals surface area contributed by atoms with Crippen LogP contribution in [0, 0.1) is 0 Å². The molecule has 1 aromatic rings. The van der Waals surface area contributed by atoms with Gasteiger partial charge in [0.15, 0.2) is 4.67 Å². The number of rotatable bonds is 13. The SMILES string of the molecule is CCCCCCCCCCCCC(NC)c1ccc(Br)o1. The molecule has 1 heterocycles. The molecule has 0 amide bonds. The summed E-state index contributed by atoms with van der Waals surface area (Å²) >= 11 is 3.37. The van der Waals surface area contributed by atoms with E-state index in [2.05, 4.69) is 34.2 Å². The van der Waals surface area contributed by atoms with Crippen LogP contribution in [0.3, 0.4) is 0 Å². The van der Waals surface area contributed by atoms with Crippen molar-refractivity contribution in [3.05, 3.63) is 22.6 Å². The number of halogens is 1. The Morgan fingerprint density at radius 2 is 1.52 bits per heavy atom. The molecule has 1 rings (SSSR count). The minimum atomic E-state index is 0.352. The van der Waals surface area contributed by atoms with Gasteiger partial charge in [-0.15, -0.1) is 0 Å². The fourth-order valence-corrected chi connectivity index (χ4v) is 3.10. The molecule has 0 saturated heterocycles. The fourth-order valence-electron chi connectivity index (χ4n) is 2.78. The molecular formula is C18H32BrNO. The Morgan fingerprint density at radius 1 is 0.952 bits per heavy atom.